The molecule has 0 fully saturated rings. The zero-order valence-electron chi connectivity index (χ0n) is 11.3. The summed E-state index contributed by atoms with van der Waals surface area (Å²) in [4.78, 5) is 16.5. The summed E-state index contributed by atoms with van der Waals surface area (Å²) < 4.78 is 1.89. The number of hydrogen-bond donors (Lipinski definition) is 2. The van der Waals surface area contributed by atoms with Crippen molar-refractivity contribution in [1.29, 1.82) is 0 Å². The van der Waals surface area contributed by atoms with Crippen molar-refractivity contribution in [2.24, 2.45) is 0 Å². The number of rotatable bonds is 3. The van der Waals surface area contributed by atoms with Crippen LogP contribution in [0.2, 0.25) is 0 Å². The van der Waals surface area contributed by atoms with Gasteiger partial charge in [0.25, 0.3) is 5.91 Å². The molecule has 3 aromatic heterocycles. The fraction of sp³-hybridized carbons (Fsp3) is 0.214. The van der Waals surface area contributed by atoms with Crippen LogP contribution in [0.4, 0.5) is 5.82 Å². The Bertz CT molecular complexity index is 771. The maximum absolute atomic E-state index is 12.2. The molecule has 6 nitrogen and oxygen atoms in total. The largest absolute Gasteiger partial charge is 0.304 e. The molecule has 0 radical (unpaired) electrons. The predicted molar refractivity (Wildman–Crippen MR) is 75.8 cm³/mol. The number of anilines is 1. The normalized spacial score (nSPS) is 10.9. The molecular weight excluding hydrogens is 254 g/mol. The molecule has 102 valence electrons. The summed E-state index contributed by atoms with van der Waals surface area (Å²) in [6.07, 6.45) is 2.57. The van der Waals surface area contributed by atoms with Gasteiger partial charge in [0.1, 0.15) is 11.3 Å². The van der Waals surface area contributed by atoms with Gasteiger partial charge >= 0.3 is 0 Å². The number of carbonyl (C=O) groups is 1. The lowest BCUT2D eigenvalue weighted by Crippen LogP contribution is -2.12. The van der Waals surface area contributed by atoms with E-state index in [2.05, 4.69) is 20.5 Å². The highest BCUT2D eigenvalue weighted by molar-refractivity contribution is 6.02. The van der Waals surface area contributed by atoms with Crippen molar-refractivity contribution < 1.29 is 4.79 Å². The van der Waals surface area contributed by atoms with Crippen molar-refractivity contribution in [3.63, 3.8) is 0 Å². The maximum Gasteiger partial charge on any atom is 0.277 e. The standard InChI is InChI=1S/C14H15N5O/c1-3-10-7-12(18-17-10)16-14(20)11-8-19-9(2)5-4-6-13(19)15-11/h4-8H,3H2,1-2H3,(H2,16,17,18,20). The predicted octanol–water partition coefficient (Wildman–Crippen LogP) is 2.18. The monoisotopic (exact) mass is 269 g/mol. The summed E-state index contributed by atoms with van der Waals surface area (Å²) in [7, 11) is 0. The van der Waals surface area contributed by atoms with Gasteiger partial charge in [-0.3, -0.25) is 9.89 Å². The molecule has 0 spiro atoms. The average molecular weight is 269 g/mol. The second-order valence-electron chi connectivity index (χ2n) is 4.61. The first kappa shape index (κ1) is 12.4. The summed E-state index contributed by atoms with van der Waals surface area (Å²) >= 11 is 0. The molecule has 0 atom stereocenters. The molecule has 2 N–H and O–H groups in total. The third kappa shape index (κ3) is 2.16. The Morgan fingerprint density at radius 3 is 3.00 bits per heavy atom. The number of H-pyrrole nitrogens is 1. The van der Waals surface area contributed by atoms with Crippen molar-refractivity contribution in [3.8, 4) is 0 Å². The van der Waals surface area contributed by atoms with E-state index in [-0.39, 0.29) is 5.91 Å². The van der Waals surface area contributed by atoms with E-state index in [9.17, 15) is 4.79 Å². The quantitative estimate of drug-likeness (QED) is 0.765. The van der Waals surface area contributed by atoms with Gasteiger partial charge in [0.2, 0.25) is 0 Å². The van der Waals surface area contributed by atoms with Crippen LogP contribution in [0.25, 0.3) is 5.65 Å². The number of aromatic nitrogens is 4. The Balaban J connectivity index is 1.86. The zero-order valence-corrected chi connectivity index (χ0v) is 11.3. The number of carbonyl (C=O) groups excluding carboxylic acids is 1. The molecule has 0 aromatic carbocycles. The van der Waals surface area contributed by atoms with Gasteiger partial charge in [-0.2, -0.15) is 5.10 Å². The van der Waals surface area contributed by atoms with E-state index in [1.54, 1.807) is 6.20 Å². The van der Waals surface area contributed by atoms with E-state index in [0.717, 1.165) is 23.5 Å². The number of nitrogens with zero attached hydrogens (tertiary/aromatic N) is 3. The van der Waals surface area contributed by atoms with E-state index in [1.807, 2.05) is 42.5 Å². The fourth-order valence-corrected chi connectivity index (χ4v) is 2.04. The first-order valence-electron chi connectivity index (χ1n) is 6.47. The van der Waals surface area contributed by atoms with Crippen molar-refractivity contribution in [2.45, 2.75) is 20.3 Å². The van der Waals surface area contributed by atoms with Crippen LogP contribution in [0.5, 0.6) is 0 Å². The summed E-state index contributed by atoms with van der Waals surface area (Å²) in [6, 6.07) is 7.57. The first-order valence-corrected chi connectivity index (χ1v) is 6.47. The average Bonchev–Trinajstić information content (AvgIpc) is 3.05. The number of aryl methyl sites for hydroxylation is 2. The number of pyridine rings is 1. The first-order chi connectivity index (χ1) is 9.67. The molecule has 0 aliphatic carbocycles. The lowest BCUT2D eigenvalue weighted by atomic mass is 10.3. The fourth-order valence-electron chi connectivity index (χ4n) is 2.04. The van der Waals surface area contributed by atoms with E-state index in [0.29, 0.717) is 11.5 Å². The van der Waals surface area contributed by atoms with E-state index in [4.69, 9.17) is 0 Å². The number of nitrogens with one attached hydrogen (secondary N) is 2. The molecule has 3 aromatic rings. The highest BCUT2D eigenvalue weighted by Gasteiger charge is 2.13. The topological polar surface area (TPSA) is 75.1 Å². The van der Waals surface area contributed by atoms with Crippen LogP contribution < -0.4 is 5.32 Å². The van der Waals surface area contributed by atoms with Gasteiger partial charge in [-0.1, -0.05) is 13.0 Å². The molecule has 0 aliphatic rings. The molecule has 3 heterocycles. The van der Waals surface area contributed by atoms with Crippen molar-refractivity contribution in [1.82, 2.24) is 19.6 Å². The lowest BCUT2D eigenvalue weighted by molar-refractivity contribution is 0.102. The Morgan fingerprint density at radius 2 is 2.30 bits per heavy atom. The van der Waals surface area contributed by atoms with Gasteiger partial charge in [0, 0.05) is 23.7 Å². The van der Waals surface area contributed by atoms with Gasteiger partial charge in [0.15, 0.2) is 5.82 Å². The Hall–Kier alpha value is -2.63. The Kier molecular flexibility index (Phi) is 2.98. The van der Waals surface area contributed by atoms with Crippen LogP contribution in [-0.2, 0) is 6.42 Å². The van der Waals surface area contributed by atoms with Gasteiger partial charge in [0.05, 0.1) is 0 Å². The zero-order chi connectivity index (χ0) is 14.1. The van der Waals surface area contributed by atoms with E-state index < -0.39 is 0 Å². The minimum absolute atomic E-state index is 0.262. The maximum atomic E-state index is 12.2. The molecule has 0 unspecified atom stereocenters. The van der Waals surface area contributed by atoms with Crippen molar-refractivity contribution in [3.05, 3.63) is 47.5 Å². The van der Waals surface area contributed by atoms with Crippen LogP contribution in [-0.4, -0.2) is 25.5 Å². The molecule has 0 aliphatic heterocycles. The number of hydrogen-bond acceptors (Lipinski definition) is 3. The number of imidazole rings is 1. The second kappa shape index (κ2) is 4.80. The summed E-state index contributed by atoms with van der Waals surface area (Å²) in [5, 5.41) is 9.63. The molecule has 0 bridgehead atoms. The highest BCUT2D eigenvalue weighted by atomic mass is 16.2. The SMILES string of the molecule is CCc1cc(NC(=O)c2cn3c(C)cccc3n2)n[nH]1. The summed E-state index contributed by atoms with van der Waals surface area (Å²) in [5.41, 5.74) is 3.14. The van der Waals surface area contributed by atoms with Gasteiger partial charge in [-0.05, 0) is 25.5 Å². The molecule has 3 rings (SSSR count). The third-order valence-electron chi connectivity index (χ3n) is 3.18. The molecule has 0 saturated carbocycles. The Morgan fingerprint density at radius 1 is 1.45 bits per heavy atom. The van der Waals surface area contributed by atoms with Crippen molar-refractivity contribution in [2.75, 3.05) is 5.32 Å². The number of fused-ring (bicyclic) bond motifs is 1. The van der Waals surface area contributed by atoms with E-state index >= 15 is 0 Å². The highest BCUT2D eigenvalue weighted by Crippen LogP contribution is 2.11. The van der Waals surface area contributed by atoms with Crippen LogP contribution in [0.1, 0.15) is 28.8 Å². The van der Waals surface area contributed by atoms with Crippen LogP contribution in [0.15, 0.2) is 30.5 Å². The third-order valence-corrected chi connectivity index (χ3v) is 3.18. The molecule has 20 heavy (non-hydrogen) atoms. The molecule has 0 saturated heterocycles. The smallest absolute Gasteiger partial charge is 0.277 e. The molecule has 6 heteroatoms. The molecular formula is C14H15N5O. The van der Waals surface area contributed by atoms with Crippen LogP contribution in [0.3, 0.4) is 0 Å². The second-order valence-corrected chi connectivity index (χ2v) is 4.61. The van der Waals surface area contributed by atoms with Gasteiger partial charge in [-0.15, -0.1) is 0 Å². The Labute approximate surface area is 115 Å². The van der Waals surface area contributed by atoms with Crippen molar-refractivity contribution >= 4 is 17.4 Å². The van der Waals surface area contributed by atoms with E-state index in [1.165, 1.54) is 0 Å². The van der Waals surface area contributed by atoms with Crippen LogP contribution >= 0.6 is 0 Å². The minimum Gasteiger partial charge on any atom is -0.304 e. The summed E-state index contributed by atoms with van der Waals surface area (Å²) in [5.74, 6) is 0.253. The number of aromatic amines is 1. The minimum atomic E-state index is -0.262. The van der Waals surface area contributed by atoms with Crippen LogP contribution in [0, 0.1) is 6.92 Å². The lowest BCUT2D eigenvalue weighted by Gasteiger charge is -1.97. The summed E-state index contributed by atoms with van der Waals surface area (Å²) in [6.45, 7) is 3.99. The molecule has 1 amide bonds. The van der Waals surface area contributed by atoms with Gasteiger partial charge < -0.3 is 9.72 Å². The van der Waals surface area contributed by atoms with Gasteiger partial charge in [-0.25, -0.2) is 4.98 Å². The number of amides is 1.